The van der Waals surface area contributed by atoms with Crippen molar-refractivity contribution < 1.29 is 9.53 Å². The second-order valence-electron chi connectivity index (χ2n) is 3.54. The highest BCUT2D eigenvalue weighted by atomic mass is 16.5. The van der Waals surface area contributed by atoms with Gasteiger partial charge in [-0.05, 0) is 37.1 Å². The summed E-state index contributed by atoms with van der Waals surface area (Å²) >= 11 is 0. The van der Waals surface area contributed by atoms with E-state index in [1.165, 1.54) is 11.1 Å². The summed E-state index contributed by atoms with van der Waals surface area (Å²) in [4.78, 5) is 10.8. The van der Waals surface area contributed by atoms with E-state index < -0.39 is 0 Å². The molecule has 0 atom stereocenters. The largest absolute Gasteiger partial charge is 0.466 e. The van der Waals surface area contributed by atoms with Gasteiger partial charge in [0.15, 0.2) is 6.61 Å². The molecule has 4 nitrogen and oxygen atoms in total. The van der Waals surface area contributed by atoms with Gasteiger partial charge in [-0.1, -0.05) is 6.07 Å². The first-order chi connectivity index (χ1) is 7.16. The molecule has 0 radical (unpaired) electrons. The van der Waals surface area contributed by atoms with Crippen LogP contribution in [0.25, 0.3) is 0 Å². The molecular formula is C11H12N2O2. The summed E-state index contributed by atoms with van der Waals surface area (Å²) < 4.78 is 5.21. The number of nitrogens with zero attached hydrogens (tertiary/aromatic N) is 1. The van der Waals surface area contributed by atoms with Crippen molar-refractivity contribution in [2.45, 2.75) is 13.8 Å². The molecule has 0 bridgehead atoms. The topological polar surface area (TPSA) is 50.7 Å². The van der Waals surface area contributed by atoms with Crippen LogP contribution >= 0.6 is 0 Å². The van der Waals surface area contributed by atoms with Gasteiger partial charge in [-0.15, -0.1) is 5.10 Å². The lowest BCUT2D eigenvalue weighted by atomic mass is 10.1. The lowest BCUT2D eigenvalue weighted by Crippen LogP contribution is -2.32. The van der Waals surface area contributed by atoms with Crippen LogP contribution in [0, 0.1) is 13.8 Å². The molecule has 4 heteroatoms. The first-order valence-corrected chi connectivity index (χ1v) is 4.74. The Bertz CT molecular complexity index is 438. The third kappa shape index (κ3) is 1.98. The fourth-order valence-corrected chi connectivity index (χ4v) is 1.33. The molecule has 0 saturated heterocycles. The fraction of sp³-hybridized carbons (Fsp3) is 0.273. The maximum absolute atomic E-state index is 10.8. The average molecular weight is 204 g/mol. The third-order valence-electron chi connectivity index (χ3n) is 2.38. The first kappa shape index (κ1) is 9.71. The summed E-state index contributed by atoms with van der Waals surface area (Å²) in [6.45, 7) is 4.11. The zero-order chi connectivity index (χ0) is 10.8. The third-order valence-corrected chi connectivity index (χ3v) is 2.38. The monoisotopic (exact) mass is 204 g/mol. The van der Waals surface area contributed by atoms with Crippen molar-refractivity contribution >= 4 is 11.8 Å². The van der Waals surface area contributed by atoms with Crippen LogP contribution in [0.4, 0.5) is 0 Å². The zero-order valence-corrected chi connectivity index (χ0v) is 8.70. The molecule has 0 aromatic heterocycles. The Morgan fingerprint density at radius 1 is 1.33 bits per heavy atom. The average Bonchev–Trinajstić information content (AvgIpc) is 2.23. The molecule has 0 spiro atoms. The van der Waals surface area contributed by atoms with Gasteiger partial charge in [0.25, 0.3) is 5.91 Å². The number of rotatable bonds is 1. The molecule has 1 amide bonds. The van der Waals surface area contributed by atoms with Gasteiger partial charge in [-0.25, -0.2) is 5.43 Å². The first-order valence-electron chi connectivity index (χ1n) is 4.74. The van der Waals surface area contributed by atoms with E-state index in [9.17, 15) is 4.79 Å². The Labute approximate surface area is 87.9 Å². The normalized spacial score (nSPS) is 15.3. The Balaban J connectivity index is 2.30. The molecule has 1 N–H and O–H groups in total. The maximum atomic E-state index is 10.8. The van der Waals surface area contributed by atoms with Crippen LogP contribution in [-0.4, -0.2) is 18.4 Å². The number of hydrogen-bond acceptors (Lipinski definition) is 3. The highest BCUT2D eigenvalue weighted by molar-refractivity contribution is 5.98. The highest BCUT2D eigenvalue weighted by Gasteiger charge is 2.14. The molecule has 0 unspecified atom stereocenters. The smallest absolute Gasteiger partial charge is 0.278 e. The Morgan fingerprint density at radius 2 is 2.13 bits per heavy atom. The lowest BCUT2D eigenvalue weighted by Gasteiger charge is -2.14. The van der Waals surface area contributed by atoms with Crippen LogP contribution < -0.4 is 5.43 Å². The molecule has 0 fully saturated rings. The highest BCUT2D eigenvalue weighted by Crippen LogP contribution is 2.12. The minimum absolute atomic E-state index is 0.0335. The number of aryl methyl sites for hydroxylation is 2. The van der Waals surface area contributed by atoms with Crippen molar-refractivity contribution in [1.82, 2.24) is 5.43 Å². The molecule has 1 aromatic carbocycles. The van der Waals surface area contributed by atoms with Crippen molar-refractivity contribution in [3.63, 3.8) is 0 Å². The number of nitrogens with one attached hydrogen (secondary N) is 1. The standard InChI is InChI=1S/C11H12N2O2/c1-7-3-4-9(5-8(7)2)11-13-12-10(14)6-15-11/h3-5H,6H2,1-2H3,(H,12,14). The van der Waals surface area contributed by atoms with Crippen LogP contribution in [0.5, 0.6) is 0 Å². The van der Waals surface area contributed by atoms with Gasteiger partial charge < -0.3 is 4.74 Å². The van der Waals surface area contributed by atoms with Crippen molar-refractivity contribution in [2.24, 2.45) is 5.10 Å². The van der Waals surface area contributed by atoms with Gasteiger partial charge in [0.1, 0.15) is 0 Å². The van der Waals surface area contributed by atoms with Gasteiger partial charge in [-0.3, -0.25) is 4.79 Å². The van der Waals surface area contributed by atoms with Crippen molar-refractivity contribution in [3.05, 3.63) is 34.9 Å². The van der Waals surface area contributed by atoms with Crippen LogP contribution in [0.15, 0.2) is 23.3 Å². The Kier molecular flexibility index (Phi) is 2.41. The number of hydrazone groups is 1. The number of benzene rings is 1. The number of ether oxygens (including phenoxy) is 1. The van der Waals surface area contributed by atoms with Crippen LogP contribution in [0.1, 0.15) is 16.7 Å². The predicted octanol–water partition coefficient (Wildman–Crippen LogP) is 1.11. The van der Waals surface area contributed by atoms with Gasteiger partial charge in [0.05, 0.1) is 0 Å². The van der Waals surface area contributed by atoms with E-state index >= 15 is 0 Å². The second kappa shape index (κ2) is 3.73. The zero-order valence-electron chi connectivity index (χ0n) is 8.70. The van der Waals surface area contributed by atoms with Gasteiger partial charge >= 0.3 is 0 Å². The van der Waals surface area contributed by atoms with E-state index in [0.717, 1.165) is 5.56 Å². The van der Waals surface area contributed by atoms with Gasteiger partial charge in [-0.2, -0.15) is 0 Å². The predicted molar refractivity (Wildman–Crippen MR) is 56.5 cm³/mol. The molecule has 1 aliphatic heterocycles. The van der Waals surface area contributed by atoms with E-state index in [1.54, 1.807) is 0 Å². The van der Waals surface area contributed by atoms with Gasteiger partial charge in [0.2, 0.25) is 5.90 Å². The lowest BCUT2D eigenvalue weighted by molar-refractivity contribution is -0.124. The molecule has 15 heavy (non-hydrogen) atoms. The number of carbonyl (C=O) groups is 1. The van der Waals surface area contributed by atoms with E-state index in [-0.39, 0.29) is 12.5 Å². The van der Waals surface area contributed by atoms with Crippen LogP contribution in [-0.2, 0) is 9.53 Å². The van der Waals surface area contributed by atoms with Gasteiger partial charge in [0, 0.05) is 5.56 Å². The summed E-state index contributed by atoms with van der Waals surface area (Å²) in [5.41, 5.74) is 5.67. The second-order valence-corrected chi connectivity index (χ2v) is 3.54. The molecule has 1 aromatic rings. The van der Waals surface area contributed by atoms with E-state index in [4.69, 9.17) is 4.74 Å². The van der Waals surface area contributed by atoms with Crippen LogP contribution in [0.2, 0.25) is 0 Å². The minimum Gasteiger partial charge on any atom is -0.466 e. The molecule has 0 saturated carbocycles. The molecule has 0 aliphatic carbocycles. The summed E-state index contributed by atoms with van der Waals surface area (Å²) in [7, 11) is 0. The van der Waals surface area contributed by atoms with Crippen molar-refractivity contribution in [2.75, 3.05) is 6.61 Å². The maximum Gasteiger partial charge on any atom is 0.278 e. The molecule has 1 aliphatic rings. The summed E-state index contributed by atoms with van der Waals surface area (Å²) in [5.74, 6) is 0.250. The minimum atomic E-state index is -0.220. The number of carbonyl (C=O) groups excluding carboxylic acids is 1. The number of amides is 1. The van der Waals surface area contributed by atoms with E-state index in [1.807, 2.05) is 32.0 Å². The van der Waals surface area contributed by atoms with Crippen LogP contribution in [0.3, 0.4) is 0 Å². The summed E-state index contributed by atoms with van der Waals surface area (Å²) in [5, 5.41) is 3.85. The van der Waals surface area contributed by atoms with E-state index in [2.05, 4.69) is 10.5 Å². The quantitative estimate of drug-likeness (QED) is 0.745. The molecule has 78 valence electrons. The summed E-state index contributed by atoms with van der Waals surface area (Å²) in [6, 6.07) is 5.93. The molecule has 2 rings (SSSR count). The van der Waals surface area contributed by atoms with E-state index in [0.29, 0.717) is 5.90 Å². The fourth-order valence-electron chi connectivity index (χ4n) is 1.33. The SMILES string of the molecule is Cc1ccc(C2=NNC(=O)CO2)cc1C. The Morgan fingerprint density at radius 3 is 2.73 bits per heavy atom. The molecular weight excluding hydrogens is 192 g/mol. The Hall–Kier alpha value is -1.84. The van der Waals surface area contributed by atoms with Crippen molar-refractivity contribution in [1.29, 1.82) is 0 Å². The molecule has 1 heterocycles. The van der Waals surface area contributed by atoms with Crippen molar-refractivity contribution in [3.8, 4) is 0 Å². The number of hydrogen-bond donors (Lipinski definition) is 1. The summed E-state index contributed by atoms with van der Waals surface area (Å²) in [6.07, 6.45) is 0.